The van der Waals surface area contributed by atoms with Crippen LogP contribution in [0.25, 0.3) is 11.1 Å². The van der Waals surface area contributed by atoms with Gasteiger partial charge in [-0.3, -0.25) is 4.79 Å². The van der Waals surface area contributed by atoms with E-state index in [1.807, 2.05) is 12.1 Å². The maximum atomic E-state index is 12.3. The van der Waals surface area contributed by atoms with Gasteiger partial charge in [0, 0.05) is 12.1 Å². The molecule has 0 saturated heterocycles. The molecule has 0 unspecified atom stereocenters. The van der Waals surface area contributed by atoms with Gasteiger partial charge in [-0.05, 0) is 52.8 Å². The van der Waals surface area contributed by atoms with Crippen molar-refractivity contribution in [3.05, 3.63) is 83.4 Å². The van der Waals surface area contributed by atoms with Crippen molar-refractivity contribution >= 4 is 5.91 Å². The second kappa shape index (κ2) is 9.04. The van der Waals surface area contributed by atoms with Crippen molar-refractivity contribution in [1.29, 1.82) is 0 Å². The zero-order valence-electron chi connectivity index (χ0n) is 18.0. The summed E-state index contributed by atoms with van der Waals surface area (Å²) in [5, 5.41) is 12.7. The molecule has 30 heavy (non-hydrogen) atoms. The van der Waals surface area contributed by atoms with Crippen LogP contribution in [0.15, 0.2) is 66.7 Å². The monoisotopic (exact) mass is 403 g/mol. The Bertz CT molecular complexity index is 1020. The lowest BCUT2D eigenvalue weighted by Gasteiger charge is -2.19. The summed E-state index contributed by atoms with van der Waals surface area (Å²) >= 11 is 0. The normalized spacial score (nSPS) is 11.2. The number of phenols is 1. The smallest absolute Gasteiger partial charge is 0.255 e. The Hall–Kier alpha value is -3.27. The number of carbonyl (C=O) groups excluding carboxylic acids is 1. The first-order valence-electron chi connectivity index (χ1n) is 10.1. The number of aromatic hydroxyl groups is 1. The van der Waals surface area contributed by atoms with Crippen molar-refractivity contribution in [1.82, 2.24) is 5.32 Å². The van der Waals surface area contributed by atoms with Crippen molar-refractivity contribution in [3.63, 3.8) is 0 Å². The van der Waals surface area contributed by atoms with Gasteiger partial charge in [-0.15, -0.1) is 0 Å². The fraction of sp³-hybridized carbons (Fsp3) is 0.269. The van der Waals surface area contributed by atoms with Crippen LogP contribution in [-0.4, -0.2) is 24.7 Å². The summed E-state index contributed by atoms with van der Waals surface area (Å²) < 4.78 is 5.57. The van der Waals surface area contributed by atoms with Crippen LogP contribution < -0.4 is 10.1 Å². The van der Waals surface area contributed by atoms with Crippen LogP contribution in [0.3, 0.4) is 0 Å². The van der Waals surface area contributed by atoms with E-state index < -0.39 is 0 Å². The van der Waals surface area contributed by atoms with E-state index in [1.54, 1.807) is 25.3 Å². The predicted molar refractivity (Wildman–Crippen MR) is 121 cm³/mol. The van der Waals surface area contributed by atoms with Crippen LogP contribution in [0.5, 0.6) is 11.5 Å². The summed E-state index contributed by atoms with van der Waals surface area (Å²) in [6.07, 6.45) is 0.677. The second-order valence-corrected chi connectivity index (χ2v) is 8.39. The average molecular weight is 404 g/mol. The molecule has 1 amide bonds. The summed E-state index contributed by atoms with van der Waals surface area (Å²) in [4.78, 5) is 12.3. The van der Waals surface area contributed by atoms with Crippen molar-refractivity contribution in [2.24, 2.45) is 0 Å². The molecule has 4 heteroatoms. The van der Waals surface area contributed by atoms with Gasteiger partial charge in [0.15, 0.2) is 0 Å². The molecule has 0 aliphatic carbocycles. The van der Waals surface area contributed by atoms with Gasteiger partial charge in [-0.25, -0.2) is 0 Å². The Kier molecular flexibility index (Phi) is 6.46. The van der Waals surface area contributed by atoms with Crippen molar-refractivity contribution in [2.75, 3.05) is 13.7 Å². The van der Waals surface area contributed by atoms with Crippen LogP contribution in [0.2, 0.25) is 0 Å². The molecule has 0 heterocycles. The maximum absolute atomic E-state index is 12.3. The minimum atomic E-state index is -0.278. The zero-order chi connectivity index (χ0) is 21.7. The third-order valence-electron chi connectivity index (χ3n) is 5.17. The fourth-order valence-electron chi connectivity index (χ4n) is 3.37. The Balaban J connectivity index is 1.73. The van der Waals surface area contributed by atoms with E-state index in [9.17, 15) is 9.90 Å². The van der Waals surface area contributed by atoms with E-state index in [4.69, 9.17) is 4.74 Å². The van der Waals surface area contributed by atoms with Crippen molar-refractivity contribution in [2.45, 2.75) is 32.6 Å². The number of carbonyl (C=O) groups is 1. The summed E-state index contributed by atoms with van der Waals surface area (Å²) in [5.41, 5.74) is 4.90. The molecule has 0 aromatic heterocycles. The summed E-state index contributed by atoms with van der Waals surface area (Å²) in [7, 11) is 1.68. The number of hydrogen-bond acceptors (Lipinski definition) is 3. The van der Waals surface area contributed by atoms with E-state index in [0.717, 1.165) is 22.4 Å². The molecule has 0 radical (unpaired) electrons. The highest BCUT2D eigenvalue weighted by Gasteiger charge is 2.14. The van der Waals surface area contributed by atoms with E-state index in [1.165, 1.54) is 11.6 Å². The van der Waals surface area contributed by atoms with Gasteiger partial charge in [0.25, 0.3) is 5.91 Å². The van der Waals surface area contributed by atoms with Gasteiger partial charge in [0.1, 0.15) is 11.5 Å². The second-order valence-electron chi connectivity index (χ2n) is 8.39. The molecule has 0 aliphatic rings. The third kappa shape index (κ3) is 5.01. The summed E-state index contributed by atoms with van der Waals surface area (Å²) in [6.45, 7) is 7.08. The molecular formula is C26H29NO3. The number of hydrogen-bond donors (Lipinski definition) is 2. The Morgan fingerprint density at radius 3 is 2.33 bits per heavy atom. The van der Waals surface area contributed by atoms with E-state index in [2.05, 4.69) is 56.4 Å². The molecule has 0 fully saturated rings. The molecule has 0 saturated carbocycles. The molecule has 3 aromatic carbocycles. The van der Waals surface area contributed by atoms with E-state index in [0.29, 0.717) is 13.0 Å². The minimum absolute atomic E-state index is 0.0135. The van der Waals surface area contributed by atoms with Crippen molar-refractivity contribution < 1.29 is 14.6 Å². The molecule has 0 spiro atoms. The third-order valence-corrected chi connectivity index (χ3v) is 5.17. The van der Waals surface area contributed by atoms with Gasteiger partial charge in [0.2, 0.25) is 0 Å². The number of nitrogens with one attached hydrogen (secondary N) is 1. The van der Waals surface area contributed by atoms with Gasteiger partial charge in [0.05, 0.1) is 12.7 Å². The zero-order valence-corrected chi connectivity index (χ0v) is 18.0. The SMILES string of the molecule is COc1ccc(CCNC(=O)c2ccccc2O)cc1-c1ccc(C(C)(C)C)cc1. The van der Waals surface area contributed by atoms with Crippen LogP contribution >= 0.6 is 0 Å². The standard InChI is InChI=1S/C26H29NO3/c1-26(2,3)20-12-10-19(11-13-20)22-17-18(9-14-24(22)30-4)15-16-27-25(29)21-7-5-6-8-23(21)28/h5-14,17,28H,15-16H2,1-4H3,(H,27,29). The number of rotatable bonds is 6. The highest BCUT2D eigenvalue weighted by atomic mass is 16.5. The number of methoxy groups -OCH3 is 1. The molecule has 156 valence electrons. The fourth-order valence-corrected chi connectivity index (χ4v) is 3.37. The lowest BCUT2D eigenvalue weighted by molar-refractivity contribution is 0.0951. The molecule has 0 bridgehead atoms. The number of amides is 1. The van der Waals surface area contributed by atoms with Crippen LogP contribution in [0.1, 0.15) is 42.3 Å². The van der Waals surface area contributed by atoms with Crippen molar-refractivity contribution in [3.8, 4) is 22.6 Å². The number of ether oxygens (including phenoxy) is 1. The van der Waals surface area contributed by atoms with E-state index in [-0.39, 0.29) is 22.6 Å². The number of phenolic OH excluding ortho intramolecular Hbond substituents is 1. The summed E-state index contributed by atoms with van der Waals surface area (Å²) in [6, 6.07) is 21.2. The molecule has 0 aliphatic heterocycles. The lowest BCUT2D eigenvalue weighted by atomic mass is 9.86. The Labute approximate surface area is 178 Å². The molecule has 3 aromatic rings. The highest BCUT2D eigenvalue weighted by Crippen LogP contribution is 2.33. The van der Waals surface area contributed by atoms with Crippen LogP contribution in [0.4, 0.5) is 0 Å². The largest absolute Gasteiger partial charge is 0.507 e. The summed E-state index contributed by atoms with van der Waals surface area (Å²) in [5.74, 6) is 0.528. The first-order chi connectivity index (χ1) is 14.3. The first-order valence-corrected chi connectivity index (χ1v) is 10.1. The molecule has 0 atom stereocenters. The average Bonchev–Trinajstić information content (AvgIpc) is 2.73. The van der Waals surface area contributed by atoms with Gasteiger partial charge >= 0.3 is 0 Å². The first kappa shape index (κ1) is 21.4. The minimum Gasteiger partial charge on any atom is -0.507 e. The predicted octanol–water partition coefficient (Wildman–Crippen LogP) is 5.34. The molecule has 2 N–H and O–H groups in total. The van der Waals surface area contributed by atoms with E-state index >= 15 is 0 Å². The quantitative estimate of drug-likeness (QED) is 0.584. The van der Waals surface area contributed by atoms with Gasteiger partial charge < -0.3 is 15.2 Å². The van der Waals surface area contributed by atoms with Crippen LogP contribution in [-0.2, 0) is 11.8 Å². The number of benzene rings is 3. The molecular weight excluding hydrogens is 374 g/mol. The van der Waals surface area contributed by atoms with Gasteiger partial charge in [-0.2, -0.15) is 0 Å². The van der Waals surface area contributed by atoms with Gasteiger partial charge in [-0.1, -0.05) is 63.2 Å². The molecule has 4 nitrogen and oxygen atoms in total. The molecule has 3 rings (SSSR count). The topological polar surface area (TPSA) is 58.6 Å². The van der Waals surface area contributed by atoms with Crippen LogP contribution in [0, 0.1) is 0 Å². The Morgan fingerprint density at radius 1 is 1.00 bits per heavy atom. The lowest BCUT2D eigenvalue weighted by Crippen LogP contribution is -2.25. The Morgan fingerprint density at radius 2 is 1.70 bits per heavy atom. The maximum Gasteiger partial charge on any atom is 0.255 e. The number of para-hydroxylation sites is 1. The highest BCUT2D eigenvalue weighted by molar-refractivity contribution is 5.96.